The summed E-state index contributed by atoms with van der Waals surface area (Å²) < 4.78 is 70.0. The molecular weight excluding hydrogens is 640 g/mol. The monoisotopic (exact) mass is 665 g/mol. The molecule has 3 aromatic heterocycles. The van der Waals surface area contributed by atoms with E-state index in [0.29, 0.717) is 22.8 Å². The highest BCUT2D eigenvalue weighted by Gasteiger charge is 2.48. The first-order chi connectivity index (χ1) is 20.0. The molecular formula is C20H25N7O11P2S2. The highest BCUT2D eigenvalue weighted by molar-refractivity contribution is 8.52. The van der Waals surface area contributed by atoms with Crippen molar-refractivity contribution in [3.05, 3.63) is 45.8 Å². The second-order valence-electron chi connectivity index (χ2n) is 9.37. The molecule has 3 aliphatic heterocycles. The van der Waals surface area contributed by atoms with Gasteiger partial charge < -0.3 is 19.4 Å². The van der Waals surface area contributed by atoms with Crippen LogP contribution in [0, 0.1) is 0 Å². The maximum atomic E-state index is 13.8. The Bertz CT molecular complexity index is 1690. The average Bonchev–Trinajstić information content (AvgIpc) is 3.63. The zero-order valence-electron chi connectivity index (χ0n) is 21.7. The number of H-pyrrole nitrogens is 1. The zero-order valence-corrected chi connectivity index (χ0v) is 25.2. The molecule has 0 aromatic carbocycles. The van der Waals surface area contributed by atoms with E-state index in [1.54, 1.807) is 4.57 Å². The number of anilines is 1. The highest BCUT2D eigenvalue weighted by Crippen LogP contribution is 2.64. The Kier molecular flexibility index (Phi) is 8.40. The minimum atomic E-state index is -4.05. The molecule has 0 radical (unpaired) electrons. The number of hydrogen-bond donors (Lipinski definition) is 3. The number of hydrogen-bond acceptors (Lipinski definition) is 16. The fourth-order valence-electron chi connectivity index (χ4n) is 4.86. The van der Waals surface area contributed by atoms with Crippen LogP contribution in [0.5, 0.6) is 0 Å². The van der Waals surface area contributed by atoms with E-state index in [1.807, 2.05) is 0 Å². The van der Waals surface area contributed by atoms with Crippen LogP contribution in [0.1, 0.15) is 25.3 Å². The van der Waals surface area contributed by atoms with Gasteiger partial charge in [0.1, 0.15) is 60.4 Å². The van der Waals surface area contributed by atoms with Gasteiger partial charge in [-0.2, -0.15) is 0 Å². The van der Waals surface area contributed by atoms with Crippen molar-refractivity contribution >= 4 is 54.5 Å². The van der Waals surface area contributed by atoms with E-state index >= 15 is 0 Å². The van der Waals surface area contributed by atoms with Gasteiger partial charge in [-0.15, -0.1) is 0 Å². The number of fused-ring (bicyclic) bond motifs is 3. The van der Waals surface area contributed by atoms with E-state index in [-0.39, 0.29) is 31.9 Å². The van der Waals surface area contributed by atoms with Crippen molar-refractivity contribution in [2.45, 2.75) is 49.7 Å². The summed E-state index contributed by atoms with van der Waals surface area (Å²) in [4.78, 5) is 38.4. The number of imidazole rings is 1. The molecule has 2 unspecified atom stereocenters. The van der Waals surface area contributed by atoms with Crippen molar-refractivity contribution < 1.29 is 40.9 Å². The summed E-state index contributed by atoms with van der Waals surface area (Å²) in [5.41, 5.74) is 5.37. The van der Waals surface area contributed by atoms with Crippen molar-refractivity contribution in [2.75, 3.05) is 26.1 Å². The summed E-state index contributed by atoms with van der Waals surface area (Å²) in [5, 5.41) is 0. The summed E-state index contributed by atoms with van der Waals surface area (Å²) in [6.07, 6.45) is -1.27. The van der Waals surface area contributed by atoms with E-state index in [4.69, 9.17) is 37.5 Å². The van der Waals surface area contributed by atoms with E-state index in [9.17, 15) is 18.7 Å². The minimum absolute atomic E-state index is 0.00134. The molecule has 3 saturated heterocycles. The lowest BCUT2D eigenvalue weighted by molar-refractivity contribution is -0.0548. The second kappa shape index (κ2) is 11.8. The molecule has 3 aromatic rings. The molecule has 0 aliphatic carbocycles. The molecule has 3 fully saturated rings. The number of ether oxygens (including phenoxy) is 2. The van der Waals surface area contributed by atoms with Crippen molar-refractivity contribution in [3.8, 4) is 0 Å². The summed E-state index contributed by atoms with van der Waals surface area (Å²) in [6, 6.07) is 1.15. The van der Waals surface area contributed by atoms with Crippen LogP contribution in [0.25, 0.3) is 11.2 Å². The zero-order chi connectivity index (χ0) is 29.6. The van der Waals surface area contributed by atoms with Crippen LogP contribution in [-0.2, 0) is 40.9 Å². The first kappa shape index (κ1) is 30.0. The van der Waals surface area contributed by atoms with Crippen molar-refractivity contribution in [1.29, 1.82) is 0 Å². The third-order valence-electron chi connectivity index (χ3n) is 6.72. The molecule has 0 bridgehead atoms. The van der Waals surface area contributed by atoms with Crippen molar-refractivity contribution in [3.63, 3.8) is 0 Å². The molecule has 3 aliphatic rings. The Balaban J connectivity index is 1.26. The summed E-state index contributed by atoms with van der Waals surface area (Å²) >= 11 is 4.62. The van der Waals surface area contributed by atoms with Gasteiger partial charge in [-0.25, -0.2) is 28.9 Å². The van der Waals surface area contributed by atoms with Gasteiger partial charge in [0.25, 0.3) is 5.56 Å². The molecule has 0 amide bonds. The van der Waals surface area contributed by atoms with Gasteiger partial charge in [-0.1, -0.05) is 12.2 Å². The maximum Gasteiger partial charge on any atom is 0.416 e. The van der Waals surface area contributed by atoms with Gasteiger partial charge in [0.15, 0.2) is 11.5 Å². The fourth-order valence-corrected chi connectivity index (χ4v) is 8.88. The summed E-state index contributed by atoms with van der Waals surface area (Å²) in [7, 11) is 1.30. The lowest BCUT2D eigenvalue weighted by atomic mass is 10.2. The molecule has 0 saturated carbocycles. The van der Waals surface area contributed by atoms with Gasteiger partial charge in [0.2, 0.25) is 0 Å². The molecule has 42 heavy (non-hydrogen) atoms. The SMILES string of the molecule is COSP1(=O)OC[C@H]2O[C@@H](n3cnc4c(N)ncnc43)C[C@@H]2OP(=O)(S)OC[C@H]2O[C@@H](n3ccc(=O)[nH]c3=O)C[C@@H]2O1. The Morgan fingerprint density at radius 2 is 1.71 bits per heavy atom. The highest BCUT2D eigenvalue weighted by atomic mass is 32.7. The van der Waals surface area contributed by atoms with Crippen LogP contribution in [0.15, 0.2) is 34.5 Å². The van der Waals surface area contributed by atoms with E-state index in [0.717, 1.165) is 10.6 Å². The minimum Gasteiger partial charge on any atom is -0.382 e. The molecule has 22 heteroatoms. The fraction of sp³-hybridized carbons (Fsp3) is 0.550. The predicted molar refractivity (Wildman–Crippen MR) is 149 cm³/mol. The average molecular weight is 666 g/mol. The molecule has 228 valence electrons. The van der Waals surface area contributed by atoms with E-state index < -0.39 is 61.7 Å². The van der Waals surface area contributed by atoms with Gasteiger partial charge in [0.05, 0.1) is 26.7 Å². The smallest absolute Gasteiger partial charge is 0.382 e. The molecule has 3 N–H and O–H groups in total. The number of nitrogens with zero attached hydrogens (tertiary/aromatic N) is 5. The number of aromatic amines is 1. The third-order valence-corrected chi connectivity index (χ3v) is 11.3. The lowest BCUT2D eigenvalue weighted by Gasteiger charge is -2.28. The number of thiol groups is 1. The Labute approximate surface area is 245 Å². The van der Waals surface area contributed by atoms with Crippen LogP contribution in [-0.4, -0.2) is 73.8 Å². The Hall–Kier alpha value is -2.09. The number of rotatable bonds is 4. The number of nitrogens with one attached hydrogen (secondary N) is 1. The summed E-state index contributed by atoms with van der Waals surface area (Å²) in [5.74, 6) is 0.186. The largest absolute Gasteiger partial charge is 0.416 e. The molecule has 6 rings (SSSR count). The number of aromatic nitrogens is 6. The molecule has 8 atom stereocenters. The first-order valence-corrected chi connectivity index (χ1v) is 18.0. The number of nitrogens with two attached hydrogens (primary N) is 1. The van der Waals surface area contributed by atoms with Crippen LogP contribution >= 0.6 is 37.5 Å². The Morgan fingerprint density at radius 1 is 1.02 bits per heavy atom. The first-order valence-electron chi connectivity index (χ1n) is 12.4. The van der Waals surface area contributed by atoms with Gasteiger partial charge in [-0.3, -0.25) is 37.0 Å². The van der Waals surface area contributed by atoms with E-state index in [1.165, 1.54) is 26.0 Å². The molecule has 0 spiro atoms. The van der Waals surface area contributed by atoms with Crippen molar-refractivity contribution in [2.24, 2.45) is 0 Å². The second-order valence-corrected chi connectivity index (χ2v) is 15.9. The standard InChI is InChI=1S/C20H25N7O11P2S2/c1-32-42-40(31)34-7-13-10(4-16(36-13)27-9-24-17-18(21)22-8-23-19(17)27)37-39(30,41)33-6-12-11(38-40)5-15(35-12)26-3-2-14(28)25-20(26)29/h2-3,8-13,15-16H,4-7H2,1H3,(H,30,41)(H2,21,22,23)(H,25,28,29)/t10-,11-,12+,13+,15+,16+,39?,40?/m0/s1. The quantitative estimate of drug-likeness (QED) is 0.205. The molecule has 18 nitrogen and oxygen atoms in total. The van der Waals surface area contributed by atoms with Crippen LogP contribution in [0.4, 0.5) is 5.82 Å². The summed E-state index contributed by atoms with van der Waals surface area (Å²) in [6.45, 7) is -8.78. The van der Waals surface area contributed by atoms with Crippen LogP contribution < -0.4 is 17.0 Å². The normalized spacial score (nSPS) is 35.8. The maximum absolute atomic E-state index is 13.8. The van der Waals surface area contributed by atoms with E-state index in [2.05, 4.69) is 32.2 Å². The number of nitrogen functional groups attached to an aromatic ring is 1. The topological polar surface area (TPSA) is 223 Å². The van der Waals surface area contributed by atoms with Gasteiger partial charge in [0, 0.05) is 25.1 Å². The van der Waals surface area contributed by atoms with Gasteiger partial charge >= 0.3 is 19.3 Å². The van der Waals surface area contributed by atoms with Gasteiger partial charge in [-0.05, 0) is 0 Å². The Morgan fingerprint density at radius 3 is 2.43 bits per heavy atom. The predicted octanol–water partition coefficient (Wildman–Crippen LogP) is 1.79. The third kappa shape index (κ3) is 6.11. The molecule has 6 heterocycles. The lowest BCUT2D eigenvalue weighted by Crippen LogP contribution is -2.32. The van der Waals surface area contributed by atoms with Crippen molar-refractivity contribution in [1.82, 2.24) is 29.1 Å². The van der Waals surface area contributed by atoms with Crippen LogP contribution in [0.2, 0.25) is 0 Å². The van der Waals surface area contributed by atoms with Crippen LogP contribution in [0.3, 0.4) is 0 Å².